The van der Waals surface area contributed by atoms with Gasteiger partial charge in [-0.1, -0.05) is 18.2 Å². The van der Waals surface area contributed by atoms with E-state index in [1.54, 1.807) is 0 Å². The summed E-state index contributed by atoms with van der Waals surface area (Å²) in [5, 5.41) is 3.50. The van der Waals surface area contributed by atoms with Gasteiger partial charge in [0.2, 0.25) is 0 Å². The van der Waals surface area contributed by atoms with Gasteiger partial charge >= 0.3 is 0 Å². The SMILES string of the molecule is C[C@@H]1CNC[C@H]2Cc3ccccc3N21. The maximum atomic E-state index is 3.50. The van der Waals surface area contributed by atoms with Gasteiger partial charge in [-0.25, -0.2) is 0 Å². The zero-order valence-electron chi connectivity index (χ0n) is 8.53. The highest BCUT2D eigenvalue weighted by atomic mass is 15.3. The second kappa shape index (κ2) is 2.99. The van der Waals surface area contributed by atoms with Crippen molar-refractivity contribution in [2.24, 2.45) is 0 Å². The van der Waals surface area contributed by atoms with Crippen molar-refractivity contribution in [1.82, 2.24) is 5.32 Å². The van der Waals surface area contributed by atoms with Crippen molar-refractivity contribution in [2.75, 3.05) is 18.0 Å². The van der Waals surface area contributed by atoms with Crippen LogP contribution in [-0.2, 0) is 6.42 Å². The molecule has 0 spiro atoms. The van der Waals surface area contributed by atoms with Crippen molar-refractivity contribution in [2.45, 2.75) is 25.4 Å². The Bertz CT molecular complexity index is 348. The van der Waals surface area contributed by atoms with Gasteiger partial charge in [-0.3, -0.25) is 0 Å². The van der Waals surface area contributed by atoms with E-state index in [-0.39, 0.29) is 0 Å². The van der Waals surface area contributed by atoms with Crippen molar-refractivity contribution >= 4 is 5.69 Å². The number of nitrogens with zero attached hydrogens (tertiary/aromatic N) is 1. The molecule has 0 unspecified atom stereocenters. The maximum Gasteiger partial charge on any atom is 0.0459 e. The fourth-order valence-corrected chi connectivity index (χ4v) is 2.81. The van der Waals surface area contributed by atoms with E-state index in [0.717, 1.165) is 13.1 Å². The van der Waals surface area contributed by atoms with Gasteiger partial charge in [0.25, 0.3) is 0 Å². The van der Waals surface area contributed by atoms with E-state index in [9.17, 15) is 0 Å². The number of para-hydroxylation sites is 1. The standard InChI is InChI=1S/C12H16N2/c1-9-7-13-8-11-6-10-4-2-3-5-12(10)14(9)11/h2-5,9,11,13H,6-8H2,1H3/t9-,11-/m1/s1. The fourth-order valence-electron chi connectivity index (χ4n) is 2.81. The number of fused-ring (bicyclic) bond motifs is 3. The van der Waals surface area contributed by atoms with Gasteiger partial charge in [0, 0.05) is 30.9 Å². The quantitative estimate of drug-likeness (QED) is 0.662. The molecule has 2 heterocycles. The lowest BCUT2D eigenvalue weighted by atomic mass is 10.1. The molecule has 1 fully saturated rings. The third kappa shape index (κ3) is 1.07. The van der Waals surface area contributed by atoms with Crippen LogP contribution in [0.5, 0.6) is 0 Å². The van der Waals surface area contributed by atoms with E-state index in [0.29, 0.717) is 12.1 Å². The summed E-state index contributed by atoms with van der Waals surface area (Å²) in [7, 11) is 0. The summed E-state index contributed by atoms with van der Waals surface area (Å²) >= 11 is 0. The first-order valence-electron chi connectivity index (χ1n) is 5.43. The van der Waals surface area contributed by atoms with E-state index >= 15 is 0 Å². The van der Waals surface area contributed by atoms with Crippen LogP contribution in [0.3, 0.4) is 0 Å². The summed E-state index contributed by atoms with van der Waals surface area (Å²) in [6.45, 7) is 4.56. The third-order valence-corrected chi connectivity index (χ3v) is 3.41. The average Bonchev–Trinajstić information content (AvgIpc) is 2.57. The van der Waals surface area contributed by atoms with Gasteiger partial charge in [-0.05, 0) is 25.0 Å². The topological polar surface area (TPSA) is 15.3 Å². The first-order chi connectivity index (χ1) is 6.86. The molecule has 74 valence electrons. The van der Waals surface area contributed by atoms with Crippen LogP contribution in [0.25, 0.3) is 0 Å². The second-order valence-corrected chi connectivity index (χ2v) is 4.40. The molecule has 1 saturated heterocycles. The summed E-state index contributed by atoms with van der Waals surface area (Å²) in [6.07, 6.45) is 1.22. The lowest BCUT2D eigenvalue weighted by Crippen LogP contribution is -2.54. The van der Waals surface area contributed by atoms with Crippen LogP contribution in [0.1, 0.15) is 12.5 Å². The highest BCUT2D eigenvalue weighted by Crippen LogP contribution is 2.34. The minimum absolute atomic E-state index is 0.636. The van der Waals surface area contributed by atoms with Gasteiger partial charge in [0.05, 0.1) is 0 Å². The Morgan fingerprint density at radius 1 is 1.29 bits per heavy atom. The number of nitrogens with one attached hydrogen (secondary N) is 1. The van der Waals surface area contributed by atoms with E-state index in [2.05, 4.69) is 41.4 Å². The van der Waals surface area contributed by atoms with Crippen molar-refractivity contribution in [3.63, 3.8) is 0 Å². The monoisotopic (exact) mass is 188 g/mol. The summed E-state index contributed by atoms with van der Waals surface area (Å²) in [6, 6.07) is 10.1. The minimum atomic E-state index is 0.636. The molecule has 2 aliphatic rings. The van der Waals surface area contributed by atoms with Gasteiger partial charge < -0.3 is 10.2 Å². The van der Waals surface area contributed by atoms with Crippen molar-refractivity contribution < 1.29 is 0 Å². The first kappa shape index (κ1) is 8.30. The molecule has 2 atom stereocenters. The predicted molar refractivity (Wildman–Crippen MR) is 58.7 cm³/mol. The molecule has 2 aliphatic heterocycles. The molecule has 0 saturated carbocycles. The molecular weight excluding hydrogens is 172 g/mol. The molecule has 0 amide bonds. The second-order valence-electron chi connectivity index (χ2n) is 4.40. The van der Waals surface area contributed by atoms with E-state index < -0.39 is 0 Å². The molecule has 2 nitrogen and oxygen atoms in total. The number of hydrogen-bond acceptors (Lipinski definition) is 2. The maximum absolute atomic E-state index is 3.50. The predicted octanol–water partition coefficient (Wildman–Crippen LogP) is 1.41. The normalized spacial score (nSPS) is 29.9. The number of piperazine rings is 1. The lowest BCUT2D eigenvalue weighted by Gasteiger charge is -2.38. The van der Waals surface area contributed by atoms with Crippen LogP contribution in [-0.4, -0.2) is 25.2 Å². The fraction of sp³-hybridized carbons (Fsp3) is 0.500. The number of benzene rings is 1. The number of rotatable bonds is 0. The summed E-state index contributed by atoms with van der Waals surface area (Å²) in [5.41, 5.74) is 2.99. The minimum Gasteiger partial charge on any atom is -0.363 e. The molecule has 1 N–H and O–H groups in total. The van der Waals surface area contributed by atoms with Crippen LogP contribution in [0.15, 0.2) is 24.3 Å². The van der Waals surface area contributed by atoms with Gasteiger partial charge in [-0.15, -0.1) is 0 Å². The van der Waals surface area contributed by atoms with Crippen LogP contribution < -0.4 is 10.2 Å². The van der Waals surface area contributed by atoms with Crippen molar-refractivity contribution in [3.8, 4) is 0 Å². The molecule has 0 aliphatic carbocycles. The van der Waals surface area contributed by atoms with Gasteiger partial charge in [-0.2, -0.15) is 0 Å². The number of anilines is 1. The van der Waals surface area contributed by atoms with Crippen molar-refractivity contribution in [1.29, 1.82) is 0 Å². The zero-order valence-corrected chi connectivity index (χ0v) is 8.53. The van der Waals surface area contributed by atoms with Crippen LogP contribution >= 0.6 is 0 Å². The van der Waals surface area contributed by atoms with Crippen LogP contribution in [0.4, 0.5) is 5.69 Å². The molecule has 0 radical (unpaired) electrons. The largest absolute Gasteiger partial charge is 0.363 e. The third-order valence-electron chi connectivity index (χ3n) is 3.41. The van der Waals surface area contributed by atoms with E-state index in [1.807, 2.05) is 0 Å². The first-order valence-corrected chi connectivity index (χ1v) is 5.43. The molecule has 0 bridgehead atoms. The average molecular weight is 188 g/mol. The molecule has 1 aromatic rings. The summed E-state index contributed by atoms with van der Waals surface area (Å²) < 4.78 is 0. The Morgan fingerprint density at radius 3 is 3.07 bits per heavy atom. The smallest absolute Gasteiger partial charge is 0.0459 e. The van der Waals surface area contributed by atoms with Crippen molar-refractivity contribution in [3.05, 3.63) is 29.8 Å². The Balaban J connectivity index is 2.03. The van der Waals surface area contributed by atoms with Crippen LogP contribution in [0, 0.1) is 0 Å². The Morgan fingerprint density at radius 2 is 2.14 bits per heavy atom. The summed E-state index contributed by atoms with van der Waals surface area (Å²) in [5.74, 6) is 0. The Kier molecular flexibility index (Phi) is 1.77. The number of hydrogen-bond donors (Lipinski definition) is 1. The molecule has 0 aromatic heterocycles. The Hall–Kier alpha value is -1.02. The molecule has 2 heteroatoms. The van der Waals surface area contributed by atoms with E-state index in [4.69, 9.17) is 0 Å². The lowest BCUT2D eigenvalue weighted by molar-refractivity contribution is 0.430. The molecular formula is C12H16N2. The Labute approximate surface area is 84.9 Å². The highest BCUT2D eigenvalue weighted by molar-refractivity contribution is 5.60. The molecule has 14 heavy (non-hydrogen) atoms. The van der Waals surface area contributed by atoms with Gasteiger partial charge in [0.15, 0.2) is 0 Å². The van der Waals surface area contributed by atoms with Crippen LogP contribution in [0.2, 0.25) is 0 Å². The summed E-state index contributed by atoms with van der Waals surface area (Å²) in [4.78, 5) is 2.59. The molecule has 3 rings (SSSR count). The zero-order chi connectivity index (χ0) is 9.54. The van der Waals surface area contributed by atoms with Gasteiger partial charge in [0.1, 0.15) is 0 Å². The molecule has 1 aromatic carbocycles. The highest BCUT2D eigenvalue weighted by Gasteiger charge is 2.34. The van der Waals surface area contributed by atoms with E-state index in [1.165, 1.54) is 17.7 Å².